The number of hydrogen-bond donors (Lipinski definition) is 2. The number of anilines is 1. The molecule has 0 saturated carbocycles. The lowest BCUT2D eigenvalue weighted by atomic mass is 9.87. The van der Waals surface area contributed by atoms with Gasteiger partial charge in [0.1, 0.15) is 5.75 Å². The minimum absolute atomic E-state index is 0.0881. The number of amides is 2. The van der Waals surface area contributed by atoms with Crippen LogP contribution in [0.1, 0.15) is 48.9 Å². The van der Waals surface area contributed by atoms with E-state index in [4.69, 9.17) is 4.74 Å². The molecular formula is C23H26N2O5S. The summed E-state index contributed by atoms with van der Waals surface area (Å²) in [6.07, 6.45) is 2.69. The third kappa shape index (κ3) is 4.30. The largest absolute Gasteiger partial charge is 0.482 e. The minimum atomic E-state index is -3.77. The van der Waals surface area contributed by atoms with Gasteiger partial charge >= 0.3 is 0 Å². The molecule has 2 aliphatic rings. The van der Waals surface area contributed by atoms with Gasteiger partial charge in [-0.05, 0) is 55.9 Å². The van der Waals surface area contributed by atoms with Crippen LogP contribution >= 0.6 is 0 Å². The third-order valence-corrected chi connectivity index (χ3v) is 8.20. The van der Waals surface area contributed by atoms with E-state index in [1.165, 1.54) is 11.6 Å². The van der Waals surface area contributed by atoms with E-state index in [-0.39, 0.29) is 35.8 Å². The van der Waals surface area contributed by atoms with Gasteiger partial charge < -0.3 is 15.4 Å². The number of benzene rings is 2. The highest BCUT2D eigenvalue weighted by Crippen LogP contribution is 2.35. The molecule has 0 spiro atoms. The molecule has 0 unspecified atom stereocenters. The van der Waals surface area contributed by atoms with Gasteiger partial charge in [-0.3, -0.25) is 9.59 Å². The molecule has 0 bridgehead atoms. The van der Waals surface area contributed by atoms with Gasteiger partial charge in [-0.1, -0.05) is 24.3 Å². The summed E-state index contributed by atoms with van der Waals surface area (Å²) in [5.41, 5.74) is 3.30. The Labute approximate surface area is 182 Å². The Bertz CT molecular complexity index is 1140. The number of carbonyl (C=O) groups excluding carboxylic acids is 2. The molecule has 2 aromatic rings. The van der Waals surface area contributed by atoms with Crippen molar-refractivity contribution in [1.82, 2.24) is 5.32 Å². The molecule has 8 heteroatoms. The van der Waals surface area contributed by atoms with Gasteiger partial charge in [0.15, 0.2) is 16.4 Å². The van der Waals surface area contributed by atoms with Crippen molar-refractivity contribution < 1.29 is 22.7 Å². The Balaban J connectivity index is 1.49. The van der Waals surface area contributed by atoms with Gasteiger partial charge in [0, 0.05) is 12.5 Å². The number of nitrogens with one attached hydrogen (secondary N) is 2. The Morgan fingerprint density at radius 1 is 1.29 bits per heavy atom. The van der Waals surface area contributed by atoms with E-state index in [1.807, 2.05) is 18.2 Å². The van der Waals surface area contributed by atoms with Gasteiger partial charge in [0.2, 0.25) is 5.91 Å². The number of ether oxygens (including phenoxy) is 1. The van der Waals surface area contributed by atoms with E-state index in [0.29, 0.717) is 17.0 Å². The van der Waals surface area contributed by atoms with Crippen molar-refractivity contribution in [2.75, 3.05) is 11.9 Å². The lowest BCUT2D eigenvalue weighted by Gasteiger charge is -2.27. The second kappa shape index (κ2) is 8.34. The highest BCUT2D eigenvalue weighted by molar-refractivity contribution is 7.92. The molecular weight excluding hydrogens is 416 g/mol. The molecule has 1 aliphatic carbocycles. The first-order valence-electron chi connectivity index (χ1n) is 10.4. The molecule has 7 nitrogen and oxygen atoms in total. The molecule has 0 saturated heterocycles. The van der Waals surface area contributed by atoms with Gasteiger partial charge in [-0.15, -0.1) is 0 Å². The SMILES string of the molecule is Cc1cc2c(cc1S(=O)(=O)[C@@H](C)CC(=O)N[C@@H]1CCCc3ccccc31)OCC(=O)N2. The molecule has 0 fully saturated rings. The molecule has 4 rings (SSSR count). The second-order valence-corrected chi connectivity index (χ2v) is 10.6. The van der Waals surface area contributed by atoms with Crippen molar-refractivity contribution in [2.45, 2.75) is 55.7 Å². The number of sulfone groups is 1. The second-order valence-electron chi connectivity index (χ2n) is 8.22. The molecule has 2 N–H and O–H groups in total. The summed E-state index contributed by atoms with van der Waals surface area (Å²) in [7, 11) is -3.77. The normalized spacial score (nSPS) is 18.8. The molecule has 1 heterocycles. The molecule has 2 atom stereocenters. The van der Waals surface area contributed by atoms with E-state index in [1.54, 1.807) is 19.9 Å². The molecule has 2 aromatic carbocycles. The number of fused-ring (bicyclic) bond motifs is 2. The average Bonchev–Trinajstić information content (AvgIpc) is 2.73. The van der Waals surface area contributed by atoms with Crippen molar-refractivity contribution in [3.05, 3.63) is 53.1 Å². The Morgan fingerprint density at radius 2 is 2.06 bits per heavy atom. The first-order chi connectivity index (χ1) is 14.8. The standard InChI is InChI=1S/C23H26N2O5S/c1-14-10-19-20(30-13-23(27)25-19)12-21(14)31(28,29)15(2)11-22(26)24-18-9-5-7-16-6-3-4-8-17(16)18/h3-4,6,8,10,12,15,18H,5,7,9,11,13H2,1-2H3,(H,24,26)(H,25,27)/t15-,18+/m0/s1. The molecule has 0 radical (unpaired) electrons. The quantitative estimate of drug-likeness (QED) is 0.741. The van der Waals surface area contributed by atoms with Gasteiger partial charge in [0.25, 0.3) is 5.91 Å². The van der Waals surface area contributed by atoms with Crippen LogP contribution in [0.15, 0.2) is 41.3 Å². The summed E-state index contributed by atoms with van der Waals surface area (Å²) in [6.45, 7) is 3.06. The van der Waals surface area contributed by atoms with Crippen molar-refractivity contribution in [1.29, 1.82) is 0 Å². The minimum Gasteiger partial charge on any atom is -0.482 e. The van der Waals surface area contributed by atoms with E-state index in [2.05, 4.69) is 16.7 Å². The van der Waals surface area contributed by atoms with Crippen LogP contribution in [-0.2, 0) is 25.8 Å². The van der Waals surface area contributed by atoms with E-state index in [9.17, 15) is 18.0 Å². The monoisotopic (exact) mass is 442 g/mol. The molecule has 31 heavy (non-hydrogen) atoms. The molecule has 2 amide bonds. The summed E-state index contributed by atoms with van der Waals surface area (Å²) in [4.78, 5) is 24.3. The summed E-state index contributed by atoms with van der Waals surface area (Å²) in [5, 5.41) is 4.79. The topological polar surface area (TPSA) is 102 Å². The number of hydrogen-bond acceptors (Lipinski definition) is 5. The average molecular weight is 443 g/mol. The maximum atomic E-state index is 13.2. The van der Waals surface area contributed by atoms with Gasteiger partial charge in [-0.2, -0.15) is 0 Å². The zero-order valence-corrected chi connectivity index (χ0v) is 18.4. The predicted molar refractivity (Wildman–Crippen MR) is 117 cm³/mol. The third-order valence-electron chi connectivity index (χ3n) is 5.92. The fraction of sp³-hybridized carbons (Fsp3) is 0.391. The number of aryl methyl sites for hydroxylation is 2. The maximum Gasteiger partial charge on any atom is 0.262 e. The zero-order valence-electron chi connectivity index (χ0n) is 17.6. The van der Waals surface area contributed by atoms with Crippen LogP contribution in [0.2, 0.25) is 0 Å². The zero-order chi connectivity index (χ0) is 22.2. The Hall–Kier alpha value is -2.87. The van der Waals surface area contributed by atoms with Gasteiger partial charge in [0.05, 0.1) is 21.9 Å². The van der Waals surface area contributed by atoms with Crippen LogP contribution in [0.5, 0.6) is 5.75 Å². The highest BCUT2D eigenvalue weighted by Gasteiger charge is 2.30. The van der Waals surface area contributed by atoms with Crippen LogP contribution in [-0.4, -0.2) is 32.1 Å². The summed E-state index contributed by atoms with van der Waals surface area (Å²) in [6, 6.07) is 11.0. The summed E-state index contributed by atoms with van der Waals surface area (Å²) < 4.78 is 31.8. The van der Waals surface area contributed by atoms with E-state index < -0.39 is 15.1 Å². The predicted octanol–water partition coefficient (Wildman–Crippen LogP) is 3.07. The first-order valence-corrected chi connectivity index (χ1v) is 12.0. The summed E-state index contributed by atoms with van der Waals surface area (Å²) >= 11 is 0. The first kappa shape index (κ1) is 21.4. The van der Waals surface area contributed by atoms with Crippen molar-refractivity contribution >= 4 is 27.3 Å². The van der Waals surface area contributed by atoms with Crippen molar-refractivity contribution in [3.63, 3.8) is 0 Å². The lowest BCUT2D eigenvalue weighted by molar-refractivity contribution is -0.122. The van der Waals surface area contributed by atoms with Crippen LogP contribution in [0, 0.1) is 6.92 Å². The number of carbonyl (C=O) groups is 2. The van der Waals surface area contributed by atoms with E-state index >= 15 is 0 Å². The van der Waals surface area contributed by atoms with Crippen molar-refractivity contribution in [3.8, 4) is 5.75 Å². The maximum absolute atomic E-state index is 13.2. The lowest BCUT2D eigenvalue weighted by Crippen LogP contribution is -2.34. The smallest absolute Gasteiger partial charge is 0.262 e. The Morgan fingerprint density at radius 3 is 2.87 bits per heavy atom. The molecule has 164 valence electrons. The highest BCUT2D eigenvalue weighted by atomic mass is 32.2. The fourth-order valence-corrected chi connectivity index (χ4v) is 5.85. The van der Waals surface area contributed by atoms with Crippen LogP contribution in [0.3, 0.4) is 0 Å². The Kier molecular flexibility index (Phi) is 5.75. The van der Waals surface area contributed by atoms with Crippen LogP contribution < -0.4 is 15.4 Å². The molecule has 0 aromatic heterocycles. The van der Waals surface area contributed by atoms with E-state index in [0.717, 1.165) is 24.8 Å². The van der Waals surface area contributed by atoms with Crippen molar-refractivity contribution in [2.24, 2.45) is 0 Å². The number of rotatable bonds is 5. The molecule has 1 aliphatic heterocycles. The van der Waals surface area contributed by atoms with Crippen LogP contribution in [0.4, 0.5) is 5.69 Å². The van der Waals surface area contributed by atoms with Crippen LogP contribution in [0.25, 0.3) is 0 Å². The summed E-state index contributed by atoms with van der Waals surface area (Å²) in [5.74, 6) is -0.243. The van der Waals surface area contributed by atoms with Gasteiger partial charge in [-0.25, -0.2) is 8.42 Å². The fourth-order valence-electron chi connectivity index (χ4n) is 4.27.